The summed E-state index contributed by atoms with van der Waals surface area (Å²) in [6.07, 6.45) is 1.75. The second-order valence-electron chi connectivity index (χ2n) is 4.25. The largest absolute Gasteiger partial charge is 0.495 e. The zero-order chi connectivity index (χ0) is 14.0. The number of aryl methyl sites for hydroxylation is 2. The van der Waals surface area contributed by atoms with Crippen LogP contribution in [-0.2, 0) is 0 Å². The summed E-state index contributed by atoms with van der Waals surface area (Å²) in [5.41, 5.74) is 2.88. The Balaban J connectivity index is 2.40. The first-order chi connectivity index (χ1) is 9.01. The fourth-order valence-corrected chi connectivity index (χ4v) is 2.33. The Labute approximate surface area is 126 Å². The zero-order valence-electron chi connectivity index (χ0n) is 10.9. The second kappa shape index (κ2) is 5.80. The van der Waals surface area contributed by atoms with E-state index in [1.165, 1.54) is 0 Å². The molecule has 5 heteroatoms. The van der Waals surface area contributed by atoms with Gasteiger partial charge < -0.3 is 10.1 Å². The average Bonchev–Trinajstić information content (AvgIpc) is 2.36. The molecule has 0 radical (unpaired) electrons. The first-order valence-electron chi connectivity index (χ1n) is 5.74. The molecule has 0 aliphatic heterocycles. The summed E-state index contributed by atoms with van der Waals surface area (Å²) in [6, 6.07) is 5.75. The minimum atomic E-state index is 0.683. The summed E-state index contributed by atoms with van der Waals surface area (Å²) < 4.78 is 6.29. The predicted octanol–water partition coefficient (Wildman–Crippen LogP) is 4.87. The number of nitrogens with one attached hydrogen (secondary N) is 1. The number of ether oxygens (including phenoxy) is 1. The molecular weight excluding hydrogens is 328 g/mol. The van der Waals surface area contributed by atoms with Crippen molar-refractivity contribution in [2.75, 3.05) is 12.4 Å². The number of rotatable bonds is 3. The highest BCUT2D eigenvalue weighted by Gasteiger charge is 2.09. The van der Waals surface area contributed by atoms with Gasteiger partial charge >= 0.3 is 0 Å². The molecule has 0 fully saturated rings. The van der Waals surface area contributed by atoms with E-state index < -0.39 is 0 Å². The van der Waals surface area contributed by atoms with Crippen LogP contribution in [0, 0.1) is 13.8 Å². The van der Waals surface area contributed by atoms with E-state index in [2.05, 4.69) is 26.2 Å². The van der Waals surface area contributed by atoms with Crippen molar-refractivity contribution < 1.29 is 4.74 Å². The van der Waals surface area contributed by atoms with E-state index in [1.807, 2.05) is 26.0 Å². The van der Waals surface area contributed by atoms with Crippen molar-refractivity contribution in [3.63, 3.8) is 0 Å². The van der Waals surface area contributed by atoms with Gasteiger partial charge in [0.05, 0.1) is 12.8 Å². The molecule has 0 saturated heterocycles. The van der Waals surface area contributed by atoms with Crippen LogP contribution >= 0.6 is 27.5 Å². The van der Waals surface area contributed by atoms with Crippen molar-refractivity contribution >= 4 is 39.0 Å². The SMILES string of the molecule is COc1cc(Cl)c(C)cc1Nc1ncc(Br)cc1C. The number of nitrogens with zero attached hydrogens (tertiary/aromatic N) is 1. The van der Waals surface area contributed by atoms with Crippen LogP contribution in [0.25, 0.3) is 0 Å². The van der Waals surface area contributed by atoms with Gasteiger partial charge in [-0.2, -0.15) is 0 Å². The maximum Gasteiger partial charge on any atom is 0.143 e. The number of benzene rings is 1. The van der Waals surface area contributed by atoms with E-state index in [1.54, 1.807) is 19.4 Å². The third-order valence-electron chi connectivity index (χ3n) is 2.78. The van der Waals surface area contributed by atoms with E-state index in [0.29, 0.717) is 10.8 Å². The Bertz CT molecular complexity index is 617. The Morgan fingerprint density at radius 1 is 1.21 bits per heavy atom. The van der Waals surface area contributed by atoms with Crippen molar-refractivity contribution in [2.24, 2.45) is 0 Å². The predicted molar refractivity (Wildman–Crippen MR) is 82.7 cm³/mol. The molecule has 1 heterocycles. The molecule has 0 spiro atoms. The summed E-state index contributed by atoms with van der Waals surface area (Å²) in [4.78, 5) is 4.35. The monoisotopic (exact) mass is 340 g/mol. The van der Waals surface area contributed by atoms with Crippen molar-refractivity contribution in [2.45, 2.75) is 13.8 Å². The number of halogens is 2. The molecule has 100 valence electrons. The molecule has 0 saturated carbocycles. The minimum Gasteiger partial charge on any atom is -0.495 e. The number of hydrogen-bond donors (Lipinski definition) is 1. The van der Waals surface area contributed by atoms with Crippen molar-refractivity contribution in [1.82, 2.24) is 4.98 Å². The van der Waals surface area contributed by atoms with Crippen LogP contribution in [0.5, 0.6) is 5.75 Å². The van der Waals surface area contributed by atoms with Gasteiger partial charge in [-0.15, -0.1) is 0 Å². The molecule has 1 N–H and O–H groups in total. The molecule has 3 nitrogen and oxygen atoms in total. The molecule has 0 aliphatic carbocycles. The summed E-state index contributed by atoms with van der Waals surface area (Å²) in [5.74, 6) is 1.49. The highest BCUT2D eigenvalue weighted by molar-refractivity contribution is 9.10. The van der Waals surface area contributed by atoms with Crippen molar-refractivity contribution in [3.8, 4) is 5.75 Å². The molecule has 19 heavy (non-hydrogen) atoms. The highest BCUT2D eigenvalue weighted by atomic mass is 79.9. The fraction of sp³-hybridized carbons (Fsp3) is 0.214. The van der Waals surface area contributed by atoms with Crippen LogP contribution in [0.3, 0.4) is 0 Å². The Morgan fingerprint density at radius 3 is 2.58 bits per heavy atom. The smallest absolute Gasteiger partial charge is 0.143 e. The lowest BCUT2D eigenvalue weighted by atomic mass is 10.2. The highest BCUT2D eigenvalue weighted by Crippen LogP contribution is 2.33. The molecule has 2 rings (SSSR count). The normalized spacial score (nSPS) is 10.4. The van der Waals surface area contributed by atoms with Crippen LogP contribution in [-0.4, -0.2) is 12.1 Å². The maximum atomic E-state index is 6.09. The van der Waals surface area contributed by atoms with Crippen LogP contribution < -0.4 is 10.1 Å². The van der Waals surface area contributed by atoms with Gasteiger partial charge in [0.2, 0.25) is 0 Å². The zero-order valence-corrected chi connectivity index (χ0v) is 13.3. The van der Waals surface area contributed by atoms with Crippen molar-refractivity contribution in [3.05, 3.63) is 45.0 Å². The van der Waals surface area contributed by atoms with Gasteiger partial charge in [0.1, 0.15) is 11.6 Å². The molecule has 1 aromatic carbocycles. The second-order valence-corrected chi connectivity index (χ2v) is 5.57. The number of methoxy groups -OCH3 is 1. The van der Waals surface area contributed by atoms with E-state index in [9.17, 15) is 0 Å². The number of aromatic nitrogens is 1. The molecule has 1 aromatic heterocycles. The lowest BCUT2D eigenvalue weighted by Crippen LogP contribution is -1.99. The van der Waals surface area contributed by atoms with E-state index in [4.69, 9.17) is 16.3 Å². The van der Waals surface area contributed by atoms with Crippen LogP contribution in [0.15, 0.2) is 28.9 Å². The summed E-state index contributed by atoms with van der Waals surface area (Å²) in [5, 5.41) is 3.95. The minimum absolute atomic E-state index is 0.683. The van der Waals surface area contributed by atoms with Gasteiger partial charge in [0, 0.05) is 21.8 Å². The standard InChI is InChI=1S/C14H14BrClN2O/c1-8-5-12(13(19-3)6-11(8)16)18-14-9(2)4-10(15)7-17-14/h4-7H,1-3H3,(H,17,18). The van der Waals surface area contributed by atoms with Crippen molar-refractivity contribution in [1.29, 1.82) is 0 Å². The lowest BCUT2D eigenvalue weighted by molar-refractivity contribution is 0.416. The summed E-state index contributed by atoms with van der Waals surface area (Å²) in [7, 11) is 1.62. The number of pyridine rings is 1. The molecular formula is C14H14BrClN2O. The van der Waals surface area contributed by atoms with Gasteiger partial charge in [-0.25, -0.2) is 4.98 Å². The van der Waals surface area contributed by atoms with Gasteiger partial charge in [-0.1, -0.05) is 11.6 Å². The quantitative estimate of drug-likeness (QED) is 0.865. The number of hydrogen-bond acceptors (Lipinski definition) is 3. The van der Waals surface area contributed by atoms with Gasteiger partial charge in [-0.05, 0) is 53.0 Å². The van der Waals surface area contributed by atoms with Gasteiger partial charge in [0.25, 0.3) is 0 Å². The van der Waals surface area contributed by atoms with Crippen LogP contribution in [0.1, 0.15) is 11.1 Å². The van der Waals surface area contributed by atoms with Crippen LogP contribution in [0.2, 0.25) is 5.02 Å². The molecule has 0 bridgehead atoms. The third-order valence-corrected chi connectivity index (χ3v) is 3.62. The van der Waals surface area contributed by atoms with Gasteiger partial charge in [-0.3, -0.25) is 0 Å². The third kappa shape index (κ3) is 3.19. The maximum absolute atomic E-state index is 6.09. The molecule has 0 unspecified atom stereocenters. The van der Waals surface area contributed by atoms with E-state index in [-0.39, 0.29) is 0 Å². The van der Waals surface area contributed by atoms with Crippen LogP contribution in [0.4, 0.5) is 11.5 Å². The van der Waals surface area contributed by atoms with Gasteiger partial charge in [0.15, 0.2) is 0 Å². The summed E-state index contributed by atoms with van der Waals surface area (Å²) in [6.45, 7) is 3.95. The Hall–Kier alpha value is -1.26. The fourth-order valence-electron chi connectivity index (χ4n) is 1.73. The topological polar surface area (TPSA) is 34.1 Å². The molecule has 0 atom stereocenters. The lowest BCUT2D eigenvalue weighted by Gasteiger charge is -2.14. The molecule has 2 aromatic rings. The molecule has 0 amide bonds. The Morgan fingerprint density at radius 2 is 1.95 bits per heavy atom. The van der Waals surface area contributed by atoms with E-state index in [0.717, 1.165) is 27.1 Å². The summed E-state index contributed by atoms with van der Waals surface area (Å²) >= 11 is 9.49. The number of anilines is 2. The van der Waals surface area contributed by atoms with E-state index >= 15 is 0 Å². The molecule has 0 aliphatic rings. The first-order valence-corrected chi connectivity index (χ1v) is 6.91. The first kappa shape index (κ1) is 14.2. The Kier molecular flexibility index (Phi) is 4.32. The average molecular weight is 342 g/mol.